The minimum atomic E-state index is 0.485. The van der Waals surface area contributed by atoms with Crippen LogP contribution in [-0.4, -0.2) is 23.1 Å². The number of anilines is 2. The van der Waals surface area contributed by atoms with Crippen molar-refractivity contribution in [2.24, 2.45) is 0 Å². The number of aromatic nitrogens is 2. The van der Waals surface area contributed by atoms with Crippen molar-refractivity contribution in [3.8, 4) is 11.3 Å². The fraction of sp³-hybridized carbons (Fsp3) is 0.375. The molecule has 1 aliphatic heterocycles. The maximum atomic E-state index is 6.26. The lowest BCUT2D eigenvalue weighted by atomic mass is 10.1. The second kappa shape index (κ2) is 6.31. The fourth-order valence-corrected chi connectivity index (χ4v) is 2.90. The molecule has 2 aromatic rings. The molecule has 2 N–H and O–H groups in total. The number of nitrogen functional groups attached to an aromatic ring is 1. The highest BCUT2D eigenvalue weighted by atomic mass is 35.5. The van der Waals surface area contributed by atoms with Crippen LogP contribution in [0, 0.1) is 0 Å². The van der Waals surface area contributed by atoms with Gasteiger partial charge in [0, 0.05) is 29.7 Å². The summed E-state index contributed by atoms with van der Waals surface area (Å²) in [5.74, 6) is 1.20. The lowest BCUT2D eigenvalue weighted by molar-refractivity contribution is 0.726. The van der Waals surface area contributed by atoms with Crippen LogP contribution in [0.3, 0.4) is 0 Å². The summed E-state index contributed by atoms with van der Waals surface area (Å²) in [5, 5.41) is 0.678. The summed E-state index contributed by atoms with van der Waals surface area (Å²) in [5.41, 5.74) is 7.65. The zero-order chi connectivity index (χ0) is 14.7. The third-order valence-corrected chi connectivity index (χ3v) is 4.10. The van der Waals surface area contributed by atoms with E-state index in [1.54, 1.807) is 6.07 Å². The fourth-order valence-electron chi connectivity index (χ4n) is 2.67. The van der Waals surface area contributed by atoms with E-state index in [0.29, 0.717) is 16.8 Å². The first-order valence-corrected chi connectivity index (χ1v) is 7.76. The predicted octanol–water partition coefficient (Wildman–Crippen LogP) is 3.76. The number of nitrogens with two attached hydrogens (primary N) is 1. The molecule has 0 saturated carbocycles. The third-order valence-electron chi connectivity index (χ3n) is 3.77. The molecule has 0 amide bonds. The number of hydrogen-bond donors (Lipinski definition) is 1. The van der Waals surface area contributed by atoms with Crippen LogP contribution in [0.5, 0.6) is 0 Å². The van der Waals surface area contributed by atoms with Gasteiger partial charge in [-0.15, -0.1) is 0 Å². The van der Waals surface area contributed by atoms with E-state index in [9.17, 15) is 0 Å². The quantitative estimate of drug-likeness (QED) is 0.917. The molecule has 2 heterocycles. The smallest absolute Gasteiger partial charge is 0.227 e. The summed E-state index contributed by atoms with van der Waals surface area (Å²) in [6.45, 7) is 1.98. The molecule has 0 atom stereocenters. The summed E-state index contributed by atoms with van der Waals surface area (Å²) < 4.78 is 0. The Morgan fingerprint density at radius 2 is 1.71 bits per heavy atom. The molecular formula is C16H19ClN4. The standard InChI is InChI=1S/C16H19ClN4/c17-13-8-4-3-7-12(13)14-11-15(18)20-16(19-14)21-9-5-1-2-6-10-21/h3-4,7-8,11H,1-2,5-6,9-10H2,(H2,18,19,20). The van der Waals surface area contributed by atoms with Crippen molar-refractivity contribution in [3.63, 3.8) is 0 Å². The third kappa shape index (κ3) is 3.27. The highest BCUT2D eigenvalue weighted by Crippen LogP contribution is 2.28. The van der Waals surface area contributed by atoms with Crippen LogP contribution < -0.4 is 10.6 Å². The molecule has 0 bridgehead atoms. The second-order valence-corrected chi connectivity index (χ2v) is 5.77. The Bertz CT molecular complexity index is 621. The van der Waals surface area contributed by atoms with Crippen LogP contribution in [0.2, 0.25) is 5.02 Å². The first-order valence-electron chi connectivity index (χ1n) is 7.38. The number of nitrogens with zero attached hydrogens (tertiary/aromatic N) is 3. The average Bonchev–Trinajstić information content (AvgIpc) is 2.76. The molecule has 0 spiro atoms. The van der Waals surface area contributed by atoms with Crippen LogP contribution in [0.1, 0.15) is 25.7 Å². The lowest BCUT2D eigenvalue weighted by Crippen LogP contribution is -2.26. The Morgan fingerprint density at radius 1 is 1.00 bits per heavy atom. The molecule has 110 valence electrons. The maximum Gasteiger partial charge on any atom is 0.227 e. The van der Waals surface area contributed by atoms with Crippen molar-refractivity contribution in [1.29, 1.82) is 0 Å². The largest absolute Gasteiger partial charge is 0.384 e. The van der Waals surface area contributed by atoms with Crippen molar-refractivity contribution in [2.75, 3.05) is 23.7 Å². The van der Waals surface area contributed by atoms with Crippen LogP contribution >= 0.6 is 11.6 Å². The topological polar surface area (TPSA) is 55.0 Å². The molecule has 5 heteroatoms. The van der Waals surface area contributed by atoms with Gasteiger partial charge in [0.15, 0.2) is 0 Å². The van der Waals surface area contributed by atoms with Gasteiger partial charge in [0.2, 0.25) is 5.95 Å². The minimum Gasteiger partial charge on any atom is -0.384 e. The first-order chi connectivity index (χ1) is 10.2. The Labute approximate surface area is 130 Å². The molecule has 4 nitrogen and oxygen atoms in total. The van der Waals surface area contributed by atoms with E-state index < -0.39 is 0 Å². The van der Waals surface area contributed by atoms with E-state index in [2.05, 4.69) is 14.9 Å². The van der Waals surface area contributed by atoms with Gasteiger partial charge >= 0.3 is 0 Å². The molecule has 1 fully saturated rings. The maximum absolute atomic E-state index is 6.26. The first kappa shape index (κ1) is 14.1. The van der Waals surface area contributed by atoms with Crippen LogP contribution in [-0.2, 0) is 0 Å². The van der Waals surface area contributed by atoms with E-state index in [1.807, 2.05) is 24.3 Å². The van der Waals surface area contributed by atoms with Crippen LogP contribution in [0.4, 0.5) is 11.8 Å². The molecule has 21 heavy (non-hydrogen) atoms. The Kier molecular flexibility index (Phi) is 4.25. The second-order valence-electron chi connectivity index (χ2n) is 5.36. The van der Waals surface area contributed by atoms with Crippen molar-refractivity contribution in [1.82, 2.24) is 9.97 Å². The van der Waals surface area contributed by atoms with Crippen molar-refractivity contribution in [3.05, 3.63) is 35.4 Å². The van der Waals surface area contributed by atoms with Gasteiger partial charge in [-0.2, -0.15) is 4.98 Å². The number of halogens is 1. The minimum absolute atomic E-state index is 0.485. The Morgan fingerprint density at radius 3 is 2.43 bits per heavy atom. The molecule has 1 saturated heterocycles. The Balaban J connectivity index is 1.98. The van der Waals surface area contributed by atoms with Gasteiger partial charge in [-0.25, -0.2) is 4.98 Å². The summed E-state index contributed by atoms with van der Waals surface area (Å²) in [4.78, 5) is 11.3. The lowest BCUT2D eigenvalue weighted by Gasteiger charge is -2.21. The Hall–Kier alpha value is -1.81. The average molecular weight is 303 g/mol. The van der Waals surface area contributed by atoms with E-state index in [-0.39, 0.29) is 0 Å². The van der Waals surface area contributed by atoms with Gasteiger partial charge < -0.3 is 10.6 Å². The van der Waals surface area contributed by atoms with Crippen molar-refractivity contribution >= 4 is 23.4 Å². The zero-order valence-electron chi connectivity index (χ0n) is 11.9. The van der Waals surface area contributed by atoms with E-state index >= 15 is 0 Å². The molecule has 0 aliphatic carbocycles. The van der Waals surface area contributed by atoms with Crippen LogP contribution in [0.25, 0.3) is 11.3 Å². The molecule has 0 radical (unpaired) electrons. The van der Waals surface area contributed by atoms with Gasteiger partial charge in [-0.05, 0) is 18.9 Å². The summed E-state index contributed by atoms with van der Waals surface area (Å²) >= 11 is 6.26. The predicted molar refractivity (Wildman–Crippen MR) is 87.6 cm³/mol. The van der Waals surface area contributed by atoms with E-state index in [0.717, 1.165) is 24.3 Å². The number of rotatable bonds is 2. The van der Waals surface area contributed by atoms with Gasteiger partial charge in [0.1, 0.15) is 5.82 Å². The van der Waals surface area contributed by atoms with Gasteiger partial charge in [-0.3, -0.25) is 0 Å². The monoisotopic (exact) mass is 302 g/mol. The molecule has 3 rings (SSSR count). The van der Waals surface area contributed by atoms with Crippen LogP contribution in [0.15, 0.2) is 30.3 Å². The highest BCUT2D eigenvalue weighted by Gasteiger charge is 2.15. The summed E-state index contributed by atoms with van der Waals surface area (Å²) in [7, 11) is 0. The number of hydrogen-bond acceptors (Lipinski definition) is 4. The molecule has 1 aromatic heterocycles. The normalized spacial score (nSPS) is 15.8. The molecular weight excluding hydrogens is 284 g/mol. The highest BCUT2D eigenvalue weighted by molar-refractivity contribution is 6.33. The molecule has 1 aromatic carbocycles. The molecule has 1 aliphatic rings. The number of benzene rings is 1. The van der Waals surface area contributed by atoms with E-state index in [4.69, 9.17) is 17.3 Å². The summed E-state index contributed by atoms with van der Waals surface area (Å²) in [6, 6.07) is 9.46. The van der Waals surface area contributed by atoms with E-state index in [1.165, 1.54) is 25.7 Å². The van der Waals surface area contributed by atoms with Gasteiger partial charge in [0.25, 0.3) is 0 Å². The molecule has 0 unspecified atom stereocenters. The van der Waals surface area contributed by atoms with Crippen molar-refractivity contribution in [2.45, 2.75) is 25.7 Å². The van der Waals surface area contributed by atoms with Crippen molar-refractivity contribution < 1.29 is 0 Å². The SMILES string of the molecule is Nc1cc(-c2ccccc2Cl)nc(N2CCCCCC2)n1. The van der Waals surface area contributed by atoms with Gasteiger partial charge in [0.05, 0.1) is 5.69 Å². The van der Waals surface area contributed by atoms with Gasteiger partial charge in [-0.1, -0.05) is 42.6 Å². The summed E-state index contributed by atoms with van der Waals surface area (Å²) in [6.07, 6.45) is 4.91. The zero-order valence-corrected chi connectivity index (χ0v) is 12.7.